The van der Waals surface area contributed by atoms with E-state index in [2.05, 4.69) is 124 Å². The molecule has 1 atom stereocenters. The van der Waals surface area contributed by atoms with Crippen molar-refractivity contribution in [1.29, 1.82) is 0 Å². The van der Waals surface area contributed by atoms with Gasteiger partial charge in [0.05, 0.1) is 6.04 Å². The van der Waals surface area contributed by atoms with Gasteiger partial charge < -0.3 is 9.88 Å². The maximum atomic E-state index is 13.7. The summed E-state index contributed by atoms with van der Waals surface area (Å²) in [6.07, 6.45) is 2.55. The smallest absolute Gasteiger partial charge is 0.223 e. The highest BCUT2D eigenvalue weighted by atomic mass is 16.2. The molecule has 1 unspecified atom stereocenters. The molecule has 1 saturated heterocycles. The number of carbonyl (C=O) groups is 1. The molecular formula is C34H33N3O. The third kappa shape index (κ3) is 5.00. The Morgan fingerprint density at radius 2 is 1.18 bits per heavy atom. The summed E-state index contributed by atoms with van der Waals surface area (Å²) in [6.45, 7) is 3.18. The number of para-hydroxylation sites is 1. The number of aromatic nitrogens is 1. The van der Waals surface area contributed by atoms with E-state index in [-0.39, 0.29) is 17.9 Å². The molecule has 190 valence electrons. The number of hydrogen-bond acceptors (Lipinski definition) is 2. The molecule has 0 bridgehead atoms. The van der Waals surface area contributed by atoms with Crippen LogP contribution in [0.4, 0.5) is 0 Å². The van der Waals surface area contributed by atoms with Crippen molar-refractivity contribution in [2.45, 2.75) is 18.4 Å². The predicted molar refractivity (Wildman–Crippen MR) is 154 cm³/mol. The van der Waals surface area contributed by atoms with Crippen molar-refractivity contribution in [2.75, 3.05) is 26.2 Å². The molecule has 6 rings (SSSR count). The summed E-state index contributed by atoms with van der Waals surface area (Å²) in [5.74, 6) is 0.235. The van der Waals surface area contributed by atoms with E-state index >= 15 is 0 Å². The first-order valence-corrected chi connectivity index (χ1v) is 13.5. The number of fused-ring (bicyclic) bond motifs is 1. The van der Waals surface area contributed by atoms with Crippen molar-refractivity contribution < 1.29 is 4.79 Å². The number of carbonyl (C=O) groups excluding carboxylic acids is 1. The Morgan fingerprint density at radius 1 is 0.658 bits per heavy atom. The molecule has 38 heavy (non-hydrogen) atoms. The highest BCUT2D eigenvalue weighted by Gasteiger charge is 2.30. The molecule has 1 fully saturated rings. The first-order valence-electron chi connectivity index (χ1n) is 13.5. The number of hydrogen-bond donors (Lipinski definition) is 1. The Bertz CT molecular complexity index is 1430. The van der Waals surface area contributed by atoms with E-state index in [0.717, 1.165) is 31.7 Å². The van der Waals surface area contributed by atoms with Crippen LogP contribution in [0.15, 0.2) is 121 Å². The van der Waals surface area contributed by atoms with Crippen LogP contribution >= 0.6 is 0 Å². The van der Waals surface area contributed by atoms with Gasteiger partial charge in [0.25, 0.3) is 0 Å². The Labute approximate surface area is 224 Å². The van der Waals surface area contributed by atoms with Gasteiger partial charge >= 0.3 is 0 Å². The Balaban J connectivity index is 1.20. The molecule has 1 aliphatic heterocycles. The third-order valence-corrected chi connectivity index (χ3v) is 7.84. The lowest BCUT2D eigenvalue weighted by Gasteiger charge is -2.40. The molecule has 1 aromatic heterocycles. The van der Waals surface area contributed by atoms with Gasteiger partial charge in [-0.05, 0) is 28.3 Å². The van der Waals surface area contributed by atoms with E-state index in [1.165, 1.54) is 27.6 Å². The van der Waals surface area contributed by atoms with Crippen molar-refractivity contribution in [3.8, 4) is 0 Å². The van der Waals surface area contributed by atoms with Crippen molar-refractivity contribution in [3.05, 3.63) is 144 Å². The SMILES string of the molecule is O=C(CC(c1ccccc1)c1c[nH]c2ccccc12)N1CCN(C(c2ccccc2)c2ccccc2)CC1. The summed E-state index contributed by atoms with van der Waals surface area (Å²) in [6, 6.07) is 40.4. The number of aromatic amines is 1. The summed E-state index contributed by atoms with van der Waals surface area (Å²) < 4.78 is 0. The standard InChI is InChI=1S/C34H33N3O/c38-33(24-30(26-12-4-1-5-13-26)31-25-35-32-19-11-10-18-29(31)32)36-20-22-37(23-21-36)34(27-14-6-2-7-15-27)28-16-8-3-9-17-28/h1-19,25,30,34-35H,20-24H2. The minimum absolute atomic E-state index is 0.0132. The number of amides is 1. The number of rotatable bonds is 7. The Kier molecular flexibility index (Phi) is 7.05. The van der Waals surface area contributed by atoms with Gasteiger partial charge in [-0.3, -0.25) is 9.69 Å². The second-order valence-corrected chi connectivity index (χ2v) is 10.1. The van der Waals surface area contributed by atoms with Gasteiger partial charge in [-0.2, -0.15) is 0 Å². The van der Waals surface area contributed by atoms with Crippen LogP contribution in [0.2, 0.25) is 0 Å². The minimum atomic E-state index is 0.0132. The largest absolute Gasteiger partial charge is 0.361 e. The lowest BCUT2D eigenvalue weighted by atomic mass is 9.87. The van der Waals surface area contributed by atoms with E-state index in [4.69, 9.17) is 0 Å². The summed E-state index contributed by atoms with van der Waals surface area (Å²) >= 11 is 0. The highest BCUT2D eigenvalue weighted by molar-refractivity contribution is 5.86. The number of nitrogens with one attached hydrogen (secondary N) is 1. The Morgan fingerprint density at radius 3 is 1.79 bits per heavy atom. The molecule has 1 N–H and O–H groups in total. The molecule has 1 aliphatic rings. The van der Waals surface area contributed by atoms with Gasteiger partial charge in [-0.25, -0.2) is 0 Å². The molecule has 5 aromatic rings. The fourth-order valence-corrected chi connectivity index (χ4v) is 5.89. The van der Waals surface area contributed by atoms with Crippen LogP contribution in [0, 0.1) is 0 Å². The zero-order valence-corrected chi connectivity index (χ0v) is 21.5. The molecular weight excluding hydrogens is 466 g/mol. The lowest BCUT2D eigenvalue weighted by Crippen LogP contribution is -2.50. The molecule has 1 amide bonds. The molecule has 4 nitrogen and oxygen atoms in total. The van der Waals surface area contributed by atoms with Gasteiger partial charge in [0, 0.05) is 55.6 Å². The van der Waals surface area contributed by atoms with Crippen LogP contribution in [-0.4, -0.2) is 46.9 Å². The summed E-state index contributed by atoms with van der Waals surface area (Å²) in [5.41, 5.74) is 6.06. The predicted octanol–water partition coefficient (Wildman–Crippen LogP) is 6.62. The maximum Gasteiger partial charge on any atom is 0.223 e. The molecule has 0 aliphatic carbocycles. The van der Waals surface area contributed by atoms with Crippen LogP contribution in [-0.2, 0) is 4.79 Å². The highest BCUT2D eigenvalue weighted by Crippen LogP contribution is 2.34. The maximum absolute atomic E-state index is 13.7. The molecule has 4 heteroatoms. The zero-order chi connectivity index (χ0) is 25.7. The van der Waals surface area contributed by atoms with Crippen molar-refractivity contribution in [2.24, 2.45) is 0 Å². The van der Waals surface area contributed by atoms with Crippen LogP contribution in [0.3, 0.4) is 0 Å². The fraction of sp³-hybridized carbons (Fsp3) is 0.206. The zero-order valence-electron chi connectivity index (χ0n) is 21.5. The summed E-state index contributed by atoms with van der Waals surface area (Å²) in [7, 11) is 0. The van der Waals surface area contributed by atoms with Crippen LogP contribution in [0.1, 0.15) is 40.6 Å². The van der Waals surface area contributed by atoms with Crippen molar-refractivity contribution in [3.63, 3.8) is 0 Å². The van der Waals surface area contributed by atoms with E-state index in [1.54, 1.807) is 0 Å². The van der Waals surface area contributed by atoms with Crippen LogP contribution in [0.25, 0.3) is 10.9 Å². The molecule has 2 heterocycles. The van der Waals surface area contributed by atoms with E-state index in [0.29, 0.717) is 6.42 Å². The van der Waals surface area contributed by atoms with Gasteiger partial charge in [0.15, 0.2) is 0 Å². The Hall–Kier alpha value is -4.15. The van der Waals surface area contributed by atoms with Crippen LogP contribution < -0.4 is 0 Å². The van der Waals surface area contributed by atoms with Gasteiger partial charge in [-0.15, -0.1) is 0 Å². The fourth-order valence-electron chi connectivity index (χ4n) is 5.89. The molecule has 0 saturated carbocycles. The normalized spacial score (nSPS) is 15.1. The van der Waals surface area contributed by atoms with E-state index < -0.39 is 0 Å². The van der Waals surface area contributed by atoms with E-state index in [1.807, 2.05) is 12.1 Å². The molecule has 4 aromatic carbocycles. The summed E-state index contributed by atoms with van der Waals surface area (Å²) in [5, 5.41) is 1.19. The van der Waals surface area contributed by atoms with Gasteiger partial charge in [0.2, 0.25) is 5.91 Å². The van der Waals surface area contributed by atoms with Crippen molar-refractivity contribution in [1.82, 2.24) is 14.8 Å². The molecule has 0 spiro atoms. The van der Waals surface area contributed by atoms with E-state index in [9.17, 15) is 4.79 Å². The topological polar surface area (TPSA) is 39.3 Å². The second-order valence-electron chi connectivity index (χ2n) is 10.1. The number of H-pyrrole nitrogens is 1. The quantitative estimate of drug-likeness (QED) is 0.273. The van der Waals surface area contributed by atoms with Gasteiger partial charge in [0.1, 0.15) is 0 Å². The third-order valence-electron chi connectivity index (χ3n) is 7.84. The number of piperazine rings is 1. The minimum Gasteiger partial charge on any atom is -0.361 e. The summed E-state index contributed by atoms with van der Waals surface area (Å²) in [4.78, 5) is 21.7. The average molecular weight is 500 g/mol. The lowest BCUT2D eigenvalue weighted by molar-refractivity contribution is -0.133. The molecule has 0 radical (unpaired) electrons. The first kappa shape index (κ1) is 24.2. The van der Waals surface area contributed by atoms with Crippen molar-refractivity contribution >= 4 is 16.8 Å². The number of benzene rings is 4. The monoisotopic (exact) mass is 499 g/mol. The van der Waals surface area contributed by atoms with Crippen LogP contribution in [0.5, 0.6) is 0 Å². The first-order chi connectivity index (χ1) is 18.8. The second kappa shape index (κ2) is 11.1. The number of nitrogens with zero attached hydrogens (tertiary/aromatic N) is 2. The average Bonchev–Trinajstić information content (AvgIpc) is 3.42. The van der Waals surface area contributed by atoms with Gasteiger partial charge in [-0.1, -0.05) is 109 Å².